The smallest absolute Gasteiger partial charge is 0.408 e. The van der Waals surface area contributed by atoms with Gasteiger partial charge in [0.15, 0.2) is 0 Å². The van der Waals surface area contributed by atoms with E-state index in [1.165, 1.54) is 0 Å². The predicted molar refractivity (Wildman–Crippen MR) is 135 cm³/mol. The Bertz CT molecular complexity index is 971. The molecule has 3 amide bonds. The highest BCUT2D eigenvalue weighted by molar-refractivity contribution is 5.87. The quantitative estimate of drug-likeness (QED) is 0.479. The first-order valence-corrected chi connectivity index (χ1v) is 11.7. The normalized spacial score (nSPS) is 13.2. The standard InChI is InChI=1S/C27H37N3O5/c1-19(21-15-11-8-12-16-21)29-23(31)22(30-25(33)35-26(2,3)4)27(5,6)18-28-24(32)34-17-20-13-9-7-10-14-20/h7-16,19,22H,17-18H2,1-6H3,(H,28,32)(H,29,31)(H,30,33)/t19-,22+/m1/s1. The predicted octanol–water partition coefficient (Wildman–Crippen LogP) is 4.71. The van der Waals surface area contributed by atoms with Gasteiger partial charge < -0.3 is 25.4 Å². The van der Waals surface area contributed by atoms with Crippen molar-refractivity contribution in [3.8, 4) is 0 Å². The van der Waals surface area contributed by atoms with E-state index < -0.39 is 35.2 Å². The fraction of sp³-hybridized carbons (Fsp3) is 0.444. The van der Waals surface area contributed by atoms with Crippen molar-refractivity contribution in [3.05, 3.63) is 71.8 Å². The molecule has 0 radical (unpaired) electrons. The van der Waals surface area contributed by atoms with Crippen LogP contribution in [0.25, 0.3) is 0 Å². The first-order chi connectivity index (χ1) is 16.4. The van der Waals surface area contributed by atoms with Crippen LogP contribution < -0.4 is 16.0 Å². The van der Waals surface area contributed by atoms with E-state index in [4.69, 9.17) is 9.47 Å². The third-order valence-corrected chi connectivity index (χ3v) is 5.26. The molecule has 8 heteroatoms. The average Bonchev–Trinajstić information content (AvgIpc) is 2.80. The summed E-state index contributed by atoms with van der Waals surface area (Å²) in [6.07, 6.45) is -1.33. The lowest BCUT2D eigenvalue weighted by molar-refractivity contribution is -0.126. The molecule has 0 bridgehead atoms. The maximum Gasteiger partial charge on any atom is 0.408 e. The SMILES string of the molecule is C[C@@H](NC(=O)[C@H](NC(=O)OC(C)(C)C)C(C)(C)CNC(=O)OCc1ccccc1)c1ccccc1. The number of amides is 3. The van der Waals surface area contributed by atoms with Crippen LogP contribution >= 0.6 is 0 Å². The number of carbonyl (C=O) groups is 3. The second-order valence-electron chi connectivity index (χ2n) is 10.1. The maximum absolute atomic E-state index is 13.3. The van der Waals surface area contributed by atoms with Crippen molar-refractivity contribution in [1.29, 1.82) is 0 Å². The monoisotopic (exact) mass is 483 g/mol. The maximum atomic E-state index is 13.3. The molecule has 3 N–H and O–H groups in total. The lowest BCUT2D eigenvalue weighted by Gasteiger charge is -2.35. The highest BCUT2D eigenvalue weighted by Crippen LogP contribution is 2.22. The van der Waals surface area contributed by atoms with Gasteiger partial charge in [0, 0.05) is 12.0 Å². The van der Waals surface area contributed by atoms with Gasteiger partial charge >= 0.3 is 12.2 Å². The van der Waals surface area contributed by atoms with Crippen molar-refractivity contribution in [2.45, 2.75) is 65.8 Å². The number of benzene rings is 2. The highest BCUT2D eigenvalue weighted by Gasteiger charge is 2.38. The summed E-state index contributed by atoms with van der Waals surface area (Å²) in [5.74, 6) is -0.392. The summed E-state index contributed by atoms with van der Waals surface area (Å²) in [5.41, 5.74) is 0.188. The van der Waals surface area contributed by atoms with Crippen molar-refractivity contribution < 1.29 is 23.9 Å². The minimum Gasteiger partial charge on any atom is -0.445 e. The van der Waals surface area contributed by atoms with E-state index in [1.54, 1.807) is 34.6 Å². The van der Waals surface area contributed by atoms with Crippen LogP contribution in [0, 0.1) is 5.41 Å². The molecule has 2 atom stereocenters. The molecule has 190 valence electrons. The van der Waals surface area contributed by atoms with Gasteiger partial charge in [-0.2, -0.15) is 0 Å². The molecule has 0 saturated carbocycles. The summed E-state index contributed by atoms with van der Waals surface area (Å²) < 4.78 is 10.6. The number of hydrogen-bond donors (Lipinski definition) is 3. The van der Waals surface area contributed by atoms with E-state index in [0.717, 1.165) is 11.1 Å². The van der Waals surface area contributed by atoms with Gasteiger partial charge in [0.2, 0.25) is 5.91 Å². The van der Waals surface area contributed by atoms with E-state index in [0.29, 0.717) is 0 Å². The first kappa shape index (κ1) is 27.7. The van der Waals surface area contributed by atoms with Crippen molar-refractivity contribution in [2.75, 3.05) is 6.54 Å². The summed E-state index contributed by atoms with van der Waals surface area (Å²) in [6, 6.07) is 17.6. The molecule has 0 aliphatic heterocycles. The molecule has 0 aliphatic carbocycles. The van der Waals surface area contributed by atoms with Crippen LogP contribution in [0.5, 0.6) is 0 Å². The number of carbonyl (C=O) groups excluding carboxylic acids is 3. The minimum atomic E-state index is -0.988. The summed E-state index contributed by atoms with van der Waals surface area (Å²) in [5, 5.41) is 8.34. The van der Waals surface area contributed by atoms with Gasteiger partial charge in [-0.05, 0) is 38.8 Å². The molecule has 2 aromatic carbocycles. The Kier molecular flexibility index (Phi) is 9.68. The summed E-state index contributed by atoms with van der Waals surface area (Å²) in [6.45, 7) is 10.9. The highest BCUT2D eigenvalue weighted by atomic mass is 16.6. The van der Waals surface area contributed by atoms with Gasteiger partial charge in [0.05, 0.1) is 6.04 Å². The second-order valence-corrected chi connectivity index (χ2v) is 10.1. The molecule has 8 nitrogen and oxygen atoms in total. The van der Waals surface area contributed by atoms with E-state index >= 15 is 0 Å². The molecule has 0 spiro atoms. The van der Waals surface area contributed by atoms with Crippen molar-refractivity contribution >= 4 is 18.1 Å². The molecule has 0 aromatic heterocycles. The van der Waals surface area contributed by atoms with Crippen molar-refractivity contribution in [3.63, 3.8) is 0 Å². The molecule has 2 rings (SSSR count). The van der Waals surface area contributed by atoms with Crippen LogP contribution in [0.3, 0.4) is 0 Å². The molecule has 35 heavy (non-hydrogen) atoms. The molecule has 0 aliphatic rings. The minimum absolute atomic E-state index is 0.0776. The Morgan fingerprint density at radius 2 is 1.40 bits per heavy atom. The van der Waals surface area contributed by atoms with Crippen molar-refractivity contribution in [1.82, 2.24) is 16.0 Å². The number of ether oxygens (including phenoxy) is 2. The zero-order chi connectivity index (χ0) is 26.1. The van der Waals surface area contributed by atoms with Crippen LogP contribution in [0.1, 0.15) is 58.7 Å². The fourth-order valence-corrected chi connectivity index (χ4v) is 3.34. The third-order valence-electron chi connectivity index (χ3n) is 5.26. The molecule has 0 fully saturated rings. The largest absolute Gasteiger partial charge is 0.445 e. The molecular formula is C27H37N3O5. The van der Waals surface area contributed by atoms with Crippen LogP contribution in [0.4, 0.5) is 9.59 Å². The molecule has 0 saturated heterocycles. The lowest BCUT2D eigenvalue weighted by Crippen LogP contribution is -2.58. The zero-order valence-electron chi connectivity index (χ0n) is 21.4. The van der Waals surface area contributed by atoms with E-state index in [1.807, 2.05) is 67.6 Å². The van der Waals surface area contributed by atoms with Gasteiger partial charge in [0.25, 0.3) is 0 Å². The molecule has 2 aromatic rings. The summed E-state index contributed by atoms with van der Waals surface area (Å²) in [4.78, 5) is 38.1. The zero-order valence-corrected chi connectivity index (χ0v) is 21.4. The fourth-order valence-electron chi connectivity index (χ4n) is 3.34. The molecule has 0 unspecified atom stereocenters. The Morgan fingerprint density at radius 1 is 0.829 bits per heavy atom. The topological polar surface area (TPSA) is 106 Å². The van der Waals surface area contributed by atoms with Gasteiger partial charge in [-0.15, -0.1) is 0 Å². The Balaban J connectivity index is 2.07. The average molecular weight is 484 g/mol. The van der Waals surface area contributed by atoms with Crippen LogP contribution in [-0.4, -0.2) is 36.3 Å². The lowest BCUT2D eigenvalue weighted by atomic mass is 9.83. The summed E-state index contributed by atoms with van der Waals surface area (Å²) in [7, 11) is 0. The number of rotatable bonds is 9. The van der Waals surface area contributed by atoms with E-state index in [2.05, 4.69) is 16.0 Å². The number of hydrogen-bond acceptors (Lipinski definition) is 5. The molecular weight excluding hydrogens is 446 g/mol. The Labute approximate surface area is 207 Å². The van der Waals surface area contributed by atoms with Crippen LogP contribution in [-0.2, 0) is 20.9 Å². The van der Waals surface area contributed by atoms with Gasteiger partial charge in [0.1, 0.15) is 18.2 Å². The molecule has 0 heterocycles. The Morgan fingerprint density at radius 3 is 1.97 bits per heavy atom. The van der Waals surface area contributed by atoms with Crippen molar-refractivity contribution in [2.24, 2.45) is 5.41 Å². The summed E-state index contributed by atoms with van der Waals surface area (Å²) >= 11 is 0. The van der Waals surface area contributed by atoms with E-state index in [-0.39, 0.29) is 19.2 Å². The van der Waals surface area contributed by atoms with Gasteiger partial charge in [-0.25, -0.2) is 9.59 Å². The van der Waals surface area contributed by atoms with Crippen LogP contribution in [0.15, 0.2) is 60.7 Å². The van der Waals surface area contributed by atoms with Gasteiger partial charge in [-0.1, -0.05) is 74.5 Å². The number of nitrogens with one attached hydrogen (secondary N) is 3. The van der Waals surface area contributed by atoms with E-state index in [9.17, 15) is 14.4 Å². The Hall–Kier alpha value is -3.55. The second kappa shape index (κ2) is 12.2. The first-order valence-electron chi connectivity index (χ1n) is 11.7. The third kappa shape index (κ3) is 9.68. The van der Waals surface area contributed by atoms with Gasteiger partial charge in [-0.3, -0.25) is 4.79 Å². The number of alkyl carbamates (subject to hydrolysis) is 2. The van der Waals surface area contributed by atoms with Crippen LogP contribution in [0.2, 0.25) is 0 Å².